The third-order valence-electron chi connectivity index (χ3n) is 4.34. The zero-order valence-electron chi connectivity index (χ0n) is 11.1. The van der Waals surface area contributed by atoms with Gasteiger partial charge in [-0.05, 0) is 24.8 Å². The molecule has 2 aliphatic rings. The van der Waals surface area contributed by atoms with Crippen molar-refractivity contribution in [1.82, 2.24) is 0 Å². The maximum atomic E-state index is 11.1. The molecule has 0 spiro atoms. The predicted molar refractivity (Wildman–Crippen MR) is 74.9 cm³/mol. The van der Waals surface area contributed by atoms with Gasteiger partial charge in [-0.1, -0.05) is 47.6 Å². The molecule has 1 unspecified atom stereocenters. The number of hydrogen-bond acceptors (Lipinski definition) is 2. The van der Waals surface area contributed by atoms with Gasteiger partial charge in [0.1, 0.15) is 0 Å². The van der Waals surface area contributed by atoms with Crippen LogP contribution in [0.5, 0.6) is 0 Å². The van der Waals surface area contributed by atoms with Gasteiger partial charge >= 0.3 is 5.97 Å². The molecule has 0 heterocycles. The molecule has 0 saturated heterocycles. The summed E-state index contributed by atoms with van der Waals surface area (Å²) in [5, 5.41) is 18.8. The minimum Gasteiger partial charge on any atom is -0.478 e. The number of carboxylic acid groups (broad SMARTS) is 1. The Kier molecular flexibility index (Phi) is 2.94. The third-order valence-corrected chi connectivity index (χ3v) is 4.34. The highest BCUT2D eigenvalue weighted by atomic mass is 16.4. The van der Waals surface area contributed by atoms with Crippen LogP contribution in [-0.2, 0) is 10.2 Å². The van der Waals surface area contributed by atoms with E-state index in [1.807, 2.05) is 30.3 Å². The van der Waals surface area contributed by atoms with Gasteiger partial charge in [0.2, 0.25) is 0 Å². The maximum Gasteiger partial charge on any atom is 0.331 e. The molecule has 0 aliphatic heterocycles. The average Bonchev–Trinajstić information content (AvgIpc) is 2.87. The van der Waals surface area contributed by atoms with Crippen LogP contribution in [0.4, 0.5) is 0 Å². The van der Waals surface area contributed by atoms with Crippen molar-refractivity contribution < 1.29 is 9.90 Å². The quantitative estimate of drug-likeness (QED) is 0.834. The number of benzene rings is 1. The molecule has 0 saturated carbocycles. The Morgan fingerprint density at radius 3 is 2.55 bits per heavy atom. The average molecular weight is 265 g/mol. The summed E-state index contributed by atoms with van der Waals surface area (Å²) < 4.78 is 0. The zero-order valence-corrected chi connectivity index (χ0v) is 11.1. The summed E-state index contributed by atoms with van der Waals surface area (Å²) >= 11 is 0. The Labute approximate surface area is 117 Å². The molecule has 1 aromatic carbocycles. The van der Waals surface area contributed by atoms with Gasteiger partial charge < -0.3 is 5.11 Å². The molecule has 1 atom stereocenters. The first-order valence-corrected chi connectivity index (χ1v) is 6.73. The molecular formula is C17H15NO2. The Balaban J connectivity index is 1.89. The van der Waals surface area contributed by atoms with Crippen molar-refractivity contribution in [2.24, 2.45) is 0 Å². The number of aliphatic carboxylic acids is 1. The molecule has 0 aromatic heterocycles. The highest BCUT2D eigenvalue weighted by Gasteiger charge is 2.41. The number of rotatable bonds is 2. The molecule has 1 N–H and O–H groups in total. The summed E-state index contributed by atoms with van der Waals surface area (Å²) in [5.74, 6) is -0.842. The van der Waals surface area contributed by atoms with Crippen molar-refractivity contribution in [3.05, 3.63) is 58.7 Å². The number of nitrogens with zero attached hydrogens (tertiary/aromatic N) is 1. The normalized spacial score (nSPS) is 24.9. The van der Waals surface area contributed by atoms with E-state index in [4.69, 9.17) is 5.11 Å². The van der Waals surface area contributed by atoms with Gasteiger partial charge in [0.05, 0.1) is 11.5 Å². The van der Waals surface area contributed by atoms with Crippen LogP contribution in [0.2, 0.25) is 0 Å². The summed E-state index contributed by atoms with van der Waals surface area (Å²) in [4.78, 5) is 11.1. The van der Waals surface area contributed by atoms with E-state index in [1.54, 1.807) is 6.08 Å². The van der Waals surface area contributed by atoms with E-state index in [9.17, 15) is 10.1 Å². The van der Waals surface area contributed by atoms with Gasteiger partial charge in [0.25, 0.3) is 0 Å². The second kappa shape index (κ2) is 4.64. The number of carbonyl (C=O) groups is 1. The lowest BCUT2D eigenvalue weighted by Crippen LogP contribution is -2.20. The number of hydrogen-bond donors (Lipinski definition) is 1. The summed E-state index contributed by atoms with van der Waals surface area (Å²) in [6.45, 7) is 0. The monoisotopic (exact) mass is 265 g/mol. The van der Waals surface area contributed by atoms with Crippen molar-refractivity contribution in [2.45, 2.75) is 31.1 Å². The first kappa shape index (κ1) is 12.7. The maximum absolute atomic E-state index is 11.1. The molecule has 0 bridgehead atoms. The van der Waals surface area contributed by atoms with Crippen LogP contribution < -0.4 is 0 Å². The lowest BCUT2D eigenvalue weighted by atomic mass is 9.78. The molecule has 3 rings (SSSR count). The second-order valence-corrected chi connectivity index (χ2v) is 5.54. The van der Waals surface area contributed by atoms with Gasteiger partial charge in [-0.25, -0.2) is 4.79 Å². The zero-order chi connectivity index (χ0) is 14.2. The van der Waals surface area contributed by atoms with E-state index in [0.29, 0.717) is 24.8 Å². The minimum absolute atomic E-state index is 0.463. The molecule has 20 heavy (non-hydrogen) atoms. The molecule has 0 fully saturated rings. The molecule has 100 valence electrons. The SMILES string of the molecule is N#CC1(c2ccccc2)CC2=C(CC(C(=O)O)=CC2)C1. The van der Waals surface area contributed by atoms with Crippen molar-refractivity contribution in [3.63, 3.8) is 0 Å². The van der Waals surface area contributed by atoms with E-state index in [1.165, 1.54) is 5.57 Å². The highest BCUT2D eigenvalue weighted by molar-refractivity contribution is 5.87. The Hall–Kier alpha value is -2.34. The second-order valence-electron chi connectivity index (χ2n) is 5.54. The standard InChI is InChI=1S/C17H15NO2/c18-11-17(15-4-2-1-3-5-15)9-13-7-6-12(16(19)20)8-14(13)10-17/h1-6H,7-10H2,(H,19,20). The van der Waals surface area contributed by atoms with E-state index < -0.39 is 11.4 Å². The molecular weight excluding hydrogens is 250 g/mol. The van der Waals surface area contributed by atoms with Crippen molar-refractivity contribution in [2.75, 3.05) is 0 Å². The van der Waals surface area contributed by atoms with E-state index in [2.05, 4.69) is 6.07 Å². The smallest absolute Gasteiger partial charge is 0.331 e. The Morgan fingerprint density at radius 1 is 1.20 bits per heavy atom. The lowest BCUT2D eigenvalue weighted by molar-refractivity contribution is -0.132. The van der Waals surface area contributed by atoms with Crippen molar-refractivity contribution in [3.8, 4) is 6.07 Å². The molecule has 1 aromatic rings. The fourth-order valence-corrected chi connectivity index (χ4v) is 3.26. The predicted octanol–water partition coefficient (Wildman–Crippen LogP) is 3.34. The first-order chi connectivity index (χ1) is 9.64. The highest BCUT2D eigenvalue weighted by Crippen LogP contribution is 2.48. The van der Waals surface area contributed by atoms with Crippen LogP contribution in [-0.4, -0.2) is 11.1 Å². The minimum atomic E-state index is -0.842. The van der Waals surface area contributed by atoms with E-state index >= 15 is 0 Å². The number of nitriles is 1. The number of allylic oxidation sites excluding steroid dienone is 3. The van der Waals surface area contributed by atoms with Gasteiger partial charge in [0, 0.05) is 12.0 Å². The fraction of sp³-hybridized carbons (Fsp3) is 0.294. The summed E-state index contributed by atoms with van der Waals surface area (Å²) in [6.07, 6.45) is 4.34. The first-order valence-electron chi connectivity index (χ1n) is 6.73. The fourth-order valence-electron chi connectivity index (χ4n) is 3.26. The Bertz CT molecular complexity index is 664. The molecule has 3 nitrogen and oxygen atoms in total. The van der Waals surface area contributed by atoms with Crippen LogP contribution in [0.3, 0.4) is 0 Å². The van der Waals surface area contributed by atoms with Crippen molar-refractivity contribution >= 4 is 5.97 Å². The van der Waals surface area contributed by atoms with Gasteiger partial charge in [-0.3, -0.25) is 0 Å². The molecule has 0 radical (unpaired) electrons. The summed E-state index contributed by atoms with van der Waals surface area (Å²) in [5.41, 5.74) is 3.39. The van der Waals surface area contributed by atoms with Crippen molar-refractivity contribution in [1.29, 1.82) is 5.26 Å². The van der Waals surface area contributed by atoms with Crippen LogP contribution >= 0.6 is 0 Å². The summed E-state index contributed by atoms with van der Waals surface area (Å²) in [7, 11) is 0. The lowest BCUT2D eigenvalue weighted by Gasteiger charge is -2.21. The van der Waals surface area contributed by atoms with Crippen LogP contribution in [0.25, 0.3) is 0 Å². The van der Waals surface area contributed by atoms with Crippen LogP contribution in [0.15, 0.2) is 53.1 Å². The van der Waals surface area contributed by atoms with Crippen LogP contribution in [0, 0.1) is 11.3 Å². The molecule has 2 aliphatic carbocycles. The third kappa shape index (κ3) is 1.94. The summed E-state index contributed by atoms with van der Waals surface area (Å²) in [6, 6.07) is 12.3. The van der Waals surface area contributed by atoms with Gasteiger partial charge in [-0.2, -0.15) is 5.26 Å². The largest absolute Gasteiger partial charge is 0.478 e. The Morgan fingerprint density at radius 2 is 1.90 bits per heavy atom. The molecule has 3 heteroatoms. The topological polar surface area (TPSA) is 61.1 Å². The van der Waals surface area contributed by atoms with Gasteiger partial charge in [0.15, 0.2) is 0 Å². The van der Waals surface area contributed by atoms with E-state index in [0.717, 1.165) is 17.6 Å². The molecule has 0 amide bonds. The van der Waals surface area contributed by atoms with Gasteiger partial charge in [-0.15, -0.1) is 0 Å². The van der Waals surface area contributed by atoms with E-state index in [-0.39, 0.29) is 0 Å². The van der Waals surface area contributed by atoms with Crippen LogP contribution in [0.1, 0.15) is 31.2 Å². The number of carboxylic acids is 1.